The van der Waals surface area contributed by atoms with Crippen molar-refractivity contribution in [3.63, 3.8) is 0 Å². The van der Waals surface area contributed by atoms with Crippen molar-refractivity contribution in [3.05, 3.63) is 95.8 Å². The van der Waals surface area contributed by atoms with Crippen LogP contribution in [0.3, 0.4) is 0 Å². The minimum absolute atomic E-state index is 0.0941. The van der Waals surface area contributed by atoms with Gasteiger partial charge in [-0.25, -0.2) is 19.6 Å². The molecule has 3 aromatic carbocycles. The highest BCUT2D eigenvalue weighted by atomic mass is 16.5. The van der Waals surface area contributed by atoms with Gasteiger partial charge in [0.25, 0.3) is 0 Å². The van der Waals surface area contributed by atoms with E-state index in [4.69, 9.17) is 19.4 Å². The van der Waals surface area contributed by atoms with E-state index in [1.54, 1.807) is 0 Å². The zero-order valence-electron chi connectivity index (χ0n) is 42.0. The lowest BCUT2D eigenvalue weighted by atomic mass is 9.76. The molecule has 1 unspecified atom stereocenters. The second kappa shape index (κ2) is 18.0. The largest absolute Gasteiger partial charge is 0.453 e. The van der Waals surface area contributed by atoms with Crippen LogP contribution in [0.5, 0.6) is 0 Å². The maximum Gasteiger partial charge on any atom is 0.407 e. The van der Waals surface area contributed by atoms with Crippen LogP contribution in [-0.4, -0.2) is 93.1 Å². The number of benzene rings is 3. The number of likely N-dealkylation sites (tertiary alicyclic amines) is 2. The molecule has 372 valence electrons. The molecule has 6 aliphatic rings. The van der Waals surface area contributed by atoms with Crippen molar-refractivity contribution in [2.75, 3.05) is 27.3 Å². The molecule has 0 radical (unpaired) electrons. The third kappa shape index (κ3) is 8.58. The molecule has 2 aromatic heterocycles. The number of aromatic amines is 2. The highest BCUT2D eigenvalue weighted by molar-refractivity contribution is 5.88. The predicted molar refractivity (Wildman–Crippen MR) is 271 cm³/mol. The number of hydrogen-bond donors (Lipinski definition) is 4. The van der Waals surface area contributed by atoms with E-state index in [1.165, 1.54) is 79.7 Å². The summed E-state index contributed by atoms with van der Waals surface area (Å²) in [5.74, 6) is 1.17. The molecular weight excluding hydrogens is 893 g/mol. The van der Waals surface area contributed by atoms with Gasteiger partial charge in [0.2, 0.25) is 11.8 Å². The van der Waals surface area contributed by atoms with Crippen molar-refractivity contribution in [3.8, 4) is 44.8 Å². The summed E-state index contributed by atoms with van der Waals surface area (Å²) in [5.41, 5.74) is 12.4. The van der Waals surface area contributed by atoms with Crippen LogP contribution in [-0.2, 0) is 30.9 Å². The molecular formula is C57H68N8O6. The number of methoxy groups -OCH3 is 2. The molecule has 4 amide bonds. The number of alkyl carbamates (subject to hydrolysis) is 2. The van der Waals surface area contributed by atoms with Gasteiger partial charge in [0, 0.05) is 13.1 Å². The van der Waals surface area contributed by atoms with Crippen molar-refractivity contribution in [1.29, 1.82) is 0 Å². The van der Waals surface area contributed by atoms with E-state index in [9.17, 15) is 19.2 Å². The summed E-state index contributed by atoms with van der Waals surface area (Å²) in [6.07, 6.45) is 15.8. The van der Waals surface area contributed by atoms with Crippen LogP contribution < -0.4 is 10.6 Å². The van der Waals surface area contributed by atoms with Crippen molar-refractivity contribution < 1.29 is 28.7 Å². The average molecular weight is 961 g/mol. The first-order chi connectivity index (χ1) is 34.2. The van der Waals surface area contributed by atoms with E-state index < -0.39 is 24.3 Å². The van der Waals surface area contributed by atoms with E-state index in [0.717, 1.165) is 79.1 Å². The number of amides is 4. The molecule has 4 aliphatic carbocycles. The van der Waals surface area contributed by atoms with E-state index in [-0.39, 0.29) is 52.0 Å². The summed E-state index contributed by atoms with van der Waals surface area (Å²) in [7, 11) is 2.64. The summed E-state index contributed by atoms with van der Waals surface area (Å²) in [6, 6.07) is 20.6. The van der Waals surface area contributed by atoms with Gasteiger partial charge >= 0.3 is 12.2 Å². The lowest BCUT2D eigenvalue weighted by molar-refractivity contribution is -0.136. The quantitative estimate of drug-likeness (QED) is 0.0956. The Kier molecular flexibility index (Phi) is 11.9. The van der Waals surface area contributed by atoms with Crippen LogP contribution in [0.15, 0.2) is 73.1 Å². The van der Waals surface area contributed by atoms with E-state index in [1.807, 2.05) is 49.9 Å². The monoisotopic (exact) mass is 961 g/mol. The Bertz CT molecular complexity index is 2850. The zero-order valence-corrected chi connectivity index (χ0v) is 42.0. The minimum atomic E-state index is -0.684. The van der Waals surface area contributed by atoms with Gasteiger partial charge in [-0.05, 0) is 137 Å². The number of imidazole rings is 2. The molecule has 2 aliphatic heterocycles. The number of rotatable bonds is 12. The number of aromatic nitrogens is 4. The molecule has 11 rings (SSSR count). The molecule has 3 spiro atoms. The van der Waals surface area contributed by atoms with Crippen molar-refractivity contribution in [2.45, 2.75) is 134 Å². The SMILES string of the molecule is COC(=O)N[C@H](C(=O)N1CC2(CC2)CC1c1ncc(-c2ccc(-c3ccc(-c4ccc(-c5cnc([C@@H]6CC7(CC7)CN6C(=O)[C@@H](NC(=O)OC)C(C)C)[nH]5)cc4)c4c3CCC43CCCC3)cc2)[nH]1)C(C)C. The third-order valence-electron chi connectivity index (χ3n) is 17.4. The van der Waals surface area contributed by atoms with Crippen molar-refractivity contribution in [2.24, 2.45) is 22.7 Å². The number of fused-ring (bicyclic) bond motifs is 2. The van der Waals surface area contributed by atoms with Crippen LogP contribution in [0.25, 0.3) is 44.8 Å². The molecule has 14 nitrogen and oxygen atoms in total. The first kappa shape index (κ1) is 46.9. The van der Waals surface area contributed by atoms with Crippen LogP contribution in [0.4, 0.5) is 9.59 Å². The molecule has 4 atom stereocenters. The van der Waals surface area contributed by atoms with Crippen LogP contribution in [0.2, 0.25) is 0 Å². The number of nitrogens with one attached hydrogen (secondary N) is 4. The predicted octanol–water partition coefficient (Wildman–Crippen LogP) is 10.4. The highest BCUT2D eigenvalue weighted by Crippen LogP contribution is 2.60. The first-order valence-electron chi connectivity index (χ1n) is 26.0. The Labute approximate surface area is 416 Å². The third-order valence-corrected chi connectivity index (χ3v) is 17.4. The van der Waals surface area contributed by atoms with Gasteiger partial charge in [0.05, 0.1) is 50.1 Å². The molecule has 71 heavy (non-hydrogen) atoms. The van der Waals surface area contributed by atoms with Gasteiger partial charge in [-0.15, -0.1) is 0 Å². The Hall–Kier alpha value is -6.44. The summed E-state index contributed by atoms with van der Waals surface area (Å²) in [4.78, 5) is 73.4. The van der Waals surface area contributed by atoms with E-state index in [2.05, 4.69) is 81.3 Å². The standard InChI is InChI=1S/C57H68N8O6/c1-33(2)47(62-53(68)70-5)51(66)64-31-55(23-24-55)27-44(64)49-58-29-42(60-49)37-13-9-35(10-14-37)39-17-18-40(46-41(39)19-22-57(46)20-7-8-21-57)36-11-15-38(16-12-36)43-30-59-50(61-43)45-28-56(25-26-56)32-65(45)52(67)48(34(3)4)63-54(69)71-6/h9-18,29-30,33-34,44-45,47-48H,7-8,19-28,31-32H2,1-6H3,(H,58,60)(H,59,61)(H,62,68)(H,63,69)/t44?,45-,47-,48-/m0/s1. The smallest absolute Gasteiger partial charge is 0.407 e. The molecule has 4 heterocycles. The lowest BCUT2D eigenvalue weighted by Crippen LogP contribution is -2.51. The Balaban J connectivity index is 0.830. The average Bonchev–Trinajstić information content (AvgIpc) is 3.81. The number of nitrogens with zero attached hydrogens (tertiary/aromatic N) is 4. The number of hydrogen-bond acceptors (Lipinski definition) is 8. The summed E-state index contributed by atoms with van der Waals surface area (Å²) >= 11 is 0. The normalized spacial score (nSPS) is 21.8. The van der Waals surface area contributed by atoms with Crippen molar-refractivity contribution >= 4 is 24.0 Å². The number of ether oxygens (including phenoxy) is 2. The second-order valence-corrected chi connectivity index (χ2v) is 22.6. The molecule has 4 N–H and O–H groups in total. The molecule has 2 saturated heterocycles. The van der Waals surface area contributed by atoms with Crippen LogP contribution >= 0.6 is 0 Å². The van der Waals surface area contributed by atoms with Crippen molar-refractivity contribution in [1.82, 2.24) is 40.4 Å². The van der Waals surface area contributed by atoms with Crippen LogP contribution in [0.1, 0.15) is 133 Å². The summed E-state index contributed by atoms with van der Waals surface area (Å²) in [5, 5.41) is 5.56. The summed E-state index contributed by atoms with van der Waals surface area (Å²) < 4.78 is 9.73. The molecule has 0 bridgehead atoms. The first-order valence-corrected chi connectivity index (χ1v) is 26.0. The number of H-pyrrole nitrogens is 2. The number of carbonyl (C=O) groups is 4. The maximum atomic E-state index is 14.1. The Morgan fingerprint density at radius 2 is 1.01 bits per heavy atom. The van der Waals surface area contributed by atoms with Gasteiger partial charge in [-0.1, -0.05) is 101 Å². The van der Waals surface area contributed by atoms with Gasteiger partial charge < -0.3 is 39.9 Å². The Morgan fingerprint density at radius 3 is 1.44 bits per heavy atom. The van der Waals surface area contributed by atoms with Gasteiger partial charge in [-0.3, -0.25) is 9.59 Å². The molecule has 14 heteroatoms. The summed E-state index contributed by atoms with van der Waals surface area (Å²) in [6.45, 7) is 9.10. The molecule has 5 aromatic rings. The minimum Gasteiger partial charge on any atom is -0.453 e. The van der Waals surface area contributed by atoms with E-state index >= 15 is 0 Å². The molecule has 3 saturated carbocycles. The topological polar surface area (TPSA) is 175 Å². The van der Waals surface area contributed by atoms with Gasteiger partial charge in [0.15, 0.2) is 0 Å². The zero-order chi connectivity index (χ0) is 49.4. The fourth-order valence-electron chi connectivity index (χ4n) is 12.9. The number of carbonyl (C=O) groups excluding carboxylic acids is 4. The Morgan fingerprint density at radius 1 is 0.592 bits per heavy atom. The second-order valence-electron chi connectivity index (χ2n) is 22.6. The lowest BCUT2D eigenvalue weighted by Gasteiger charge is -2.30. The fraction of sp³-hybridized carbons (Fsp3) is 0.509. The van der Waals surface area contributed by atoms with E-state index in [0.29, 0.717) is 13.1 Å². The van der Waals surface area contributed by atoms with Crippen LogP contribution in [0, 0.1) is 22.7 Å². The fourth-order valence-corrected chi connectivity index (χ4v) is 12.9. The maximum absolute atomic E-state index is 14.1. The van der Waals surface area contributed by atoms with Gasteiger partial charge in [0.1, 0.15) is 23.7 Å². The highest BCUT2D eigenvalue weighted by Gasteiger charge is 2.56. The molecule has 5 fully saturated rings. The van der Waals surface area contributed by atoms with Gasteiger partial charge in [-0.2, -0.15) is 0 Å².